The summed E-state index contributed by atoms with van der Waals surface area (Å²) in [6.07, 6.45) is 4.26. The summed E-state index contributed by atoms with van der Waals surface area (Å²) >= 11 is 4.39. The second-order valence-corrected chi connectivity index (χ2v) is 4.12. The summed E-state index contributed by atoms with van der Waals surface area (Å²) in [6.45, 7) is 2.14. The Morgan fingerprint density at radius 1 is 1.30 bits per heavy atom. The minimum Gasteiger partial charge on any atom is -0.393 e. The normalized spacial score (nSPS) is 37.5. The zero-order valence-corrected chi connectivity index (χ0v) is 7.35. The van der Waals surface area contributed by atoms with Gasteiger partial charge in [-0.1, -0.05) is 6.92 Å². The fraction of sp³-hybridized carbons (Fsp3) is 1.00. The van der Waals surface area contributed by atoms with Gasteiger partial charge in [-0.15, -0.1) is 0 Å². The molecule has 1 rings (SSSR count). The van der Waals surface area contributed by atoms with Gasteiger partial charge >= 0.3 is 0 Å². The van der Waals surface area contributed by atoms with E-state index >= 15 is 0 Å². The molecule has 2 heteroatoms. The van der Waals surface area contributed by atoms with Crippen LogP contribution in [0.2, 0.25) is 0 Å². The number of thiol groups is 1. The summed E-state index contributed by atoms with van der Waals surface area (Å²) in [5.41, 5.74) is 0. The third-order valence-corrected chi connectivity index (χ3v) is 2.85. The Morgan fingerprint density at radius 2 is 1.80 bits per heavy atom. The number of rotatable bonds is 1. The molecule has 0 radical (unpaired) electrons. The molecule has 1 saturated carbocycles. The van der Waals surface area contributed by atoms with Crippen LogP contribution in [0, 0.1) is 5.92 Å². The Morgan fingerprint density at radius 3 is 2.20 bits per heavy atom. The zero-order chi connectivity index (χ0) is 7.56. The number of aliphatic hydroxyl groups is 1. The van der Waals surface area contributed by atoms with Crippen molar-refractivity contribution in [1.82, 2.24) is 0 Å². The largest absolute Gasteiger partial charge is 0.393 e. The second-order valence-electron chi connectivity index (χ2n) is 3.31. The predicted molar refractivity (Wildman–Crippen MR) is 46.4 cm³/mol. The molecule has 1 nitrogen and oxygen atoms in total. The van der Waals surface area contributed by atoms with Crippen molar-refractivity contribution < 1.29 is 5.11 Å². The van der Waals surface area contributed by atoms with Crippen LogP contribution in [0.1, 0.15) is 32.6 Å². The van der Waals surface area contributed by atoms with E-state index in [9.17, 15) is 5.11 Å². The van der Waals surface area contributed by atoms with Crippen LogP contribution in [0.3, 0.4) is 0 Å². The lowest BCUT2D eigenvalue weighted by molar-refractivity contribution is 0.109. The van der Waals surface area contributed by atoms with Gasteiger partial charge in [0.05, 0.1) is 6.10 Å². The minimum absolute atomic E-state index is 0.0247. The van der Waals surface area contributed by atoms with Crippen molar-refractivity contribution in [3.05, 3.63) is 0 Å². The van der Waals surface area contributed by atoms with Crippen LogP contribution in [-0.4, -0.2) is 16.5 Å². The van der Waals surface area contributed by atoms with Crippen LogP contribution in [0.25, 0.3) is 0 Å². The topological polar surface area (TPSA) is 20.2 Å². The Labute approximate surface area is 68.2 Å². The SMILES string of the molecule is CC(S)C1CCC(O)CC1. The molecule has 0 aliphatic heterocycles. The Hall–Kier alpha value is 0.310. The monoisotopic (exact) mass is 160 g/mol. The van der Waals surface area contributed by atoms with E-state index in [-0.39, 0.29) is 6.10 Å². The summed E-state index contributed by atoms with van der Waals surface area (Å²) < 4.78 is 0. The van der Waals surface area contributed by atoms with Gasteiger partial charge in [-0.2, -0.15) is 12.6 Å². The third kappa shape index (κ3) is 2.17. The molecule has 1 atom stereocenters. The van der Waals surface area contributed by atoms with Crippen molar-refractivity contribution in [2.75, 3.05) is 0 Å². The lowest BCUT2D eigenvalue weighted by atomic mass is 9.86. The predicted octanol–water partition coefficient (Wildman–Crippen LogP) is 1.86. The molecule has 10 heavy (non-hydrogen) atoms. The lowest BCUT2D eigenvalue weighted by Gasteiger charge is -2.27. The summed E-state index contributed by atoms with van der Waals surface area (Å²) in [7, 11) is 0. The molecule has 60 valence electrons. The molecule has 0 spiro atoms. The van der Waals surface area contributed by atoms with E-state index < -0.39 is 0 Å². The average Bonchev–Trinajstić information content (AvgIpc) is 1.88. The van der Waals surface area contributed by atoms with E-state index in [1.165, 1.54) is 0 Å². The molecular formula is C8H16OS. The van der Waals surface area contributed by atoms with Crippen LogP contribution in [-0.2, 0) is 0 Å². The zero-order valence-electron chi connectivity index (χ0n) is 6.45. The van der Waals surface area contributed by atoms with Gasteiger partial charge in [-0.05, 0) is 31.6 Å². The van der Waals surface area contributed by atoms with E-state index in [0.29, 0.717) is 5.25 Å². The Balaban J connectivity index is 2.26. The molecule has 0 heterocycles. The summed E-state index contributed by atoms with van der Waals surface area (Å²) in [5, 5.41) is 9.69. The van der Waals surface area contributed by atoms with E-state index in [0.717, 1.165) is 31.6 Å². The standard InChI is InChI=1S/C8H16OS/c1-6(10)7-2-4-8(9)5-3-7/h6-10H,2-5H2,1H3. The van der Waals surface area contributed by atoms with E-state index in [1.807, 2.05) is 0 Å². The summed E-state index contributed by atoms with van der Waals surface area (Å²) in [5.74, 6) is 0.742. The first-order chi connectivity index (χ1) is 4.70. The maximum Gasteiger partial charge on any atom is 0.0540 e. The van der Waals surface area contributed by atoms with E-state index in [4.69, 9.17) is 0 Å². The third-order valence-electron chi connectivity index (χ3n) is 2.42. The van der Waals surface area contributed by atoms with Crippen LogP contribution in [0.5, 0.6) is 0 Å². The molecule has 0 saturated heterocycles. The lowest BCUT2D eigenvalue weighted by Crippen LogP contribution is -2.22. The molecule has 1 fully saturated rings. The van der Waals surface area contributed by atoms with Crippen molar-refractivity contribution in [3.63, 3.8) is 0 Å². The molecule has 1 N–H and O–H groups in total. The van der Waals surface area contributed by atoms with Crippen LogP contribution >= 0.6 is 12.6 Å². The molecule has 1 unspecified atom stereocenters. The number of aliphatic hydroxyl groups excluding tert-OH is 1. The molecule has 0 aromatic carbocycles. The summed E-state index contributed by atoms with van der Waals surface area (Å²) in [4.78, 5) is 0. The molecular weight excluding hydrogens is 144 g/mol. The molecule has 0 amide bonds. The fourth-order valence-corrected chi connectivity index (χ4v) is 1.88. The van der Waals surface area contributed by atoms with Gasteiger partial charge in [0.1, 0.15) is 0 Å². The van der Waals surface area contributed by atoms with Crippen molar-refractivity contribution in [1.29, 1.82) is 0 Å². The molecule has 1 aliphatic carbocycles. The smallest absolute Gasteiger partial charge is 0.0540 e. The van der Waals surface area contributed by atoms with Gasteiger partial charge < -0.3 is 5.11 Å². The second kappa shape index (κ2) is 3.63. The van der Waals surface area contributed by atoms with Gasteiger partial charge in [0.25, 0.3) is 0 Å². The molecule has 0 aromatic heterocycles. The van der Waals surface area contributed by atoms with Crippen LogP contribution < -0.4 is 0 Å². The number of hydrogen-bond donors (Lipinski definition) is 2. The van der Waals surface area contributed by atoms with Gasteiger partial charge in [-0.25, -0.2) is 0 Å². The van der Waals surface area contributed by atoms with E-state index in [1.54, 1.807) is 0 Å². The average molecular weight is 160 g/mol. The van der Waals surface area contributed by atoms with Gasteiger partial charge in [0, 0.05) is 5.25 Å². The summed E-state index contributed by atoms with van der Waals surface area (Å²) in [6, 6.07) is 0. The maximum atomic E-state index is 9.18. The minimum atomic E-state index is -0.0247. The maximum absolute atomic E-state index is 9.18. The fourth-order valence-electron chi connectivity index (χ4n) is 1.58. The first-order valence-electron chi connectivity index (χ1n) is 4.06. The highest BCUT2D eigenvalue weighted by Crippen LogP contribution is 2.28. The molecule has 0 aromatic rings. The quantitative estimate of drug-likeness (QED) is 0.561. The first kappa shape index (κ1) is 8.41. The van der Waals surface area contributed by atoms with Gasteiger partial charge in [0.15, 0.2) is 0 Å². The first-order valence-corrected chi connectivity index (χ1v) is 4.58. The van der Waals surface area contributed by atoms with Crippen molar-refractivity contribution in [3.8, 4) is 0 Å². The van der Waals surface area contributed by atoms with Gasteiger partial charge in [-0.3, -0.25) is 0 Å². The van der Waals surface area contributed by atoms with Crippen molar-refractivity contribution in [2.45, 2.75) is 44.0 Å². The van der Waals surface area contributed by atoms with Crippen molar-refractivity contribution in [2.24, 2.45) is 5.92 Å². The Kier molecular flexibility index (Phi) is 3.05. The van der Waals surface area contributed by atoms with E-state index in [2.05, 4.69) is 19.6 Å². The van der Waals surface area contributed by atoms with Crippen LogP contribution in [0.4, 0.5) is 0 Å². The highest BCUT2D eigenvalue weighted by atomic mass is 32.1. The highest BCUT2D eigenvalue weighted by molar-refractivity contribution is 7.80. The molecule has 1 aliphatic rings. The van der Waals surface area contributed by atoms with Crippen LogP contribution in [0.15, 0.2) is 0 Å². The number of hydrogen-bond acceptors (Lipinski definition) is 2. The Bertz CT molecular complexity index is 95.4. The highest BCUT2D eigenvalue weighted by Gasteiger charge is 2.21. The van der Waals surface area contributed by atoms with Gasteiger partial charge in [0.2, 0.25) is 0 Å². The van der Waals surface area contributed by atoms with Crippen molar-refractivity contribution >= 4 is 12.6 Å². The molecule has 0 bridgehead atoms.